The van der Waals surface area contributed by atoms with Crippen molar-refractivity contribution >= 4 is 5.97 Å². The quantitative estimate of drug-likeness (QED) is 0.710. The standard InChI is InChI=1S/C9H14N2O2/c1-4-7(2)11-6-5-10(3)8(11)9(12)13/h5-7H,4H2,1-3H3/p+1. The smallest absolute Gasteiger partial charge is 0.419 e. The molecular weight excluding hydrogens is 168 g/mol. The van der Waals surface area contributed by atoms with Crippen LogP contribution in [0.4, 0.5) is 0 Å². The van der Waals surface area contributed by atoms with Crippen molar-refractivity contribution in [3.63, 3.8) is 0 Å². The highest BCUT2D eigenvalue weighted by Gasteiger charge is 2.24. The maximum atomic E-state index is 10.9. The topological polar surface area (TPSA) is 46.1 Å². The summed E-state index contributed by atoms with van der Waals surface area (Å²) in [5.41, 5.74) is 0. The third-order valence-corrected chi connectivity index (χ3v) is 2.29. The first kappa shape index (κ1) is 9.77. The zero-order valence-corrected chi connectivity index (χ0v) is 8.19. The van der Waals surface area contributed by atoms with E-state index >= 15 is 0 Å². The Kier molecular flexibility index (Phi) is 2.70. The molecule has 0 amide bonds. The fourth-order valence-electron chi connectivity index (χ4n) is 1.31. The van der Waals surface area contributed by atoms with E-state index in [1.165, 1.54) is 0 Å². The van der Waals surface area contributed by atoms with Crippen molar-refractivity contribution in [1.29, 1.82) is 0 Å². The van der Waals surface area contributed by atoms with Crippen molar-refractivity contribution in [1.82, 2.24) is 4.57 Å². The van der Waals surface area contributed by atoms with Crippen LogP contribution in [0.25, 0.3) is 0 Å². The number of carboxylic acids is 1. The average Bonchev–Trinajstić information content (AvgIpc) is 2.45. The van der Waals surface area contributed by atoms with Crippen LogP contribution in [0.2, 0.25) is 0 Å². The van der Waals surface area contributed by atoms with Gasteiger partial charge in [0.1, 0.15) is 12.4 Å². The van der Waals surface area contributed by atoms with Gasteiger partial charge in [0.05, 0.1) is 13.1 Å². The van der Waals surface area contributed by atoms with Gasteiger partial charge in [0.15, 0.2) is 0 Å². The number of hydrogen-bond donors (Lipinski definition) is 1. The van der Waals surface area contributed by atoms with Crippen LogP contribution in [-0.4, -0.2) is 15.6 Å². The van der Waals surface area contributed by atoms with Gasteiger partial charge in [-0.15, -0.1) is 0 Å². The third-order valence-electron chi connectivity index (χ3n) is 2.29. The Bertz CT molecular complexity index is 317. The molecule has 0 spiro atoms. The number of nitrogens with zero attached hydrogens (tertiary/aromatic N) is 2. The minimum Gasteiger partial charge on any atom is -0.472 e. The Balaban J connectivity index is 3.14. The normalized spacial score (nSPS) is 12.8. The third kappa shape index (κ3) is 1.71. The summed E-state index contributed by atoms with van der Waals surface area (Å²) < 4.78 is 3.40. The van der Waals surface area contributed by atoms with Crippen LogP contribution in [0.1, 0.15) is 36.9 Å². The molecule has 1 unspecified atom stereocenters. The lowest BCUT2D eigenvalue weighted by atomic mass is 10.2. The molecular formula is C9H15N2O2+. The van der Waals surface area contributed by atoms with Crippen LogP contribution >= 0.6 is 0 Å². The van der Waals surface area contributed by atoms with E-state index in [0.29, 0.717) is 5.82 Å². The molecule has 0 radical (unpaired) electrons. The minimum atomic E-state index is -0.882. The molecule has 13 heavy (non-hydrogen) atoms. The van der Waals surface area contributed by atoms with E-state index in [9.17, 15) is 4.79 Å². The van der Waals surface area contributed by atoms with E-state index in [1.807, 2.05) is 13.8 Å². The number of aryl methyl sites for hydroxylation is 1. The Hall–Kier alpha value is -1.32. The molecule has 72 valence electrons. The summed E-state index contributed by atoms with van der Waals surface area (Å²) in [5, 5.41) is 8.94. The summed E-state index contributed by atoms with van der Waals surface area (Å²) in [4.78, 5) is 10.9. The van der Waals surface area contributed by atoms with Crippen molar-refractivity contribution in [2.24, 2.45) is 7.05 Å². The summed E-state index contributed by atoms with van der Waals surface area (Å²) in [6.07, 6.45) is 4.49. The second kappa shape index (κ2) is 3.60. The molecule has 1 N–H and O–H groups in total. The summed E-state index contributed by atoms with van der Waals surface area (Å²) in [5.74, 6) is -0.554. The number of aromatic carboxylic acids is 1. The van der Waals surface area contributed by atoms with E-state index in [0.717, 1.165) is 6.42 Å². The molecule has 0 aliphatic rings. The lowest BCUT2D eigenvalue weighted by molar-refractivity contribution is -0.673. The zero-order chi connectivity index (χ0) is 10.0. The predicted molar refractivity (Wildman–Crippen MR) is 47.6 cm³/mol. The Morgan fingerprint density at radius 1 is 1.77 bits per heavy atom. The SMILES string of the molecule is CCC(C)n1cc[n+](C)c1C(=O)O. The Morgan fingerprint density at radius 3 is 2.85 bits per heavy atom. The van der Waals surface area contributed by atoms with Crippen molar-refractivity contribution in [2.75, 3.05) is 0 Å². The zero-order valence-electron chi connectivity index (χ0n) is 8.19. The molecule has 0 saturated carbocycles. The first-order valence-electron chi connectivity index (χ1n) is 4.37. The maximum Gasteiger partial charge on any atom is 0.419 e. The van der Waals surface area contributed by atoms with Gasteiger partial charge in [0.25, 0.3) is 0 Å². The van der Waals surface area contributed by atoms with Gasteiger partial charge in [-0.05, 0) is 13.3 Å². The van der Waals surface area contributed by atoms with Crippen LogP contribution in [-0.2, 0) is 7.05 Å². The van der Waals surface area contributed by atoms with E-state index in [2.05, 4.69) is 0 Å². The Labute approximate surface area is 77.4 Å². The number of carbonyl (C=O) groups is 1. The highest BCUT2D eigenvalue weighted by atomic mass is 16.4. The highest BCUT2D eigenvalue weighted by Crippen LogP contribution is 2.11. The Morgan fingerprint density at radius 2 is 2.38 bits per heavy atom. The molecule has 4 heteroatoms. The molecule has 1 rings (SSSR count). The fourth-order valence-corrected chi connectivity index (χ4v) is 1.31. The summed E-state index contributed by atoms with van der Waals surface area (Å²) >= 11 is 0. The van der Waals surface area contributed by atoms with Crippen LogP contribution in [0, 0.1) is 0 Å². The van der Waals surface area contributed by atoms with Gasteiger partial charge in [-0.2, -0.15) is 0 Å². The lowest BCUT2D eigenvalue weighted by Gasteiger charge is -2.05. The lowest BCUT2D eigenvalue weighted by Crippen LogP contribution is -2.35. The van der Waals surface area contributed by atoms with Crippen LogP contribution in [0.5, 0.6) is 0 Å². The molecule has 0 aromatic carbocycles. The molecule has 0 fully saturated rings. The molecule has 0 aliphatic carbocycles. The van der Waals surface area contributed by atoms with Gasteiger partial charge in [-0.1, -0.05) is 6.92 Å². The molecule has 1 heterocycles. The van der Waals surface area contributed by atoms with E-state index in [4.69, 9.17) is 5.11 Å². The number of carboxylic acid groups (broad SMARTS) is 1. The largest absolute Gasteiger partial charge is 0.472 e. The number of hydrogen-bond acceptors (Lipinski definition) is 1. The van der Waals surface area contributed by atoms with Gasteiger partial charge in [-0.25, -0.2) is 13.9 Å². The monoisotopic (exact) mass is 183 g/mol. The van der Waals surface area contributed by atoms with Gasteiger partial charge in [0, 0.05) is 0 Å². The number of aromatic nitrogens is 2. The van der Waals surface area contributed by atoms with Crippen LogP contribution in [0.3, 0.4) is 0 Å². The van der Waals surface area contributed by atoms with Crippen LogP contribution < -0.4 is 4.57 Å². The first-order valence-corrected chi connectivity index (χ1v) is 4.37. The van der Waals surface area contributed by atoms with Crippen molar-refractivity contribution in [2.45, 2.75) is 26.3 Å². The minimum absolute atomic E-state index is 0.229. The highest BCUT2D eigenvalue weighted by molar-refractivity contribution is 5.81. The summed E-state index contributed by atoms with van der Waals surface area (Å²) in [7, 11) is 1.74. The number of rotatable bonds is 3. The summed E-state index contributed by atoms with van der Waals surface area (Å²) in [6.45, 7) is 4.04. The summed E-state index contributed by atoms with van der Waals surface area (Å²) in [6, 6.07) is 0.229. The second-order valence-electron chi connectivity index (χ2n) is 3.20. The predicted octanol–water partition coefficient (Wildman–Crippen LogP) is 0.982. The van der Waals surface area contributed by atoms with E-state index in [-0.39, 0.29) is 6.04 Å². The molecule has 0 saturated heterocycles. The van der Waals surface area contributed by atoms with Crippen molar-refractivity contribution in [3.05, 3.63) is 18.2 Å². The maximum absolute atomic E-state index is 10.9. The van der Waals surface area contributed by atoms with Crippen molar-refractivity contribution in [3.8, 4) is 0 Å². The fraction of sp³-hybridized carbons (Fsp3) is 0.556. The van der Waals surface area contributed by atoms with Gasteiger partial charge >= 0.3 is 11.8 Å². The van der Waals surface area contributed by atoms with E-state index in [1.54, 1.807) is 28.6 Å². The molecule has 1 aromatic rings. The van der Waals surface area contributed by atoms with Gasteiger partial charge < -0.3 is 5.11 Å². The molecule has 0 bridgehead atoms. The van der Waals surface area contributed by atoms with Crippen molar-refractivity contribution < 1.29 is 14.5 Å². The molecule has 1 atom stereocenters. The van der Waals surface area contributed by atoms with Crippen LogP contribution in [0.15, 0.2) is 12.4 Å². The molecule has 4 nitrogen and oxygen atoms in total. The number of imidazole rings is 1. The molecule has 1 aromatic heterocycles. The average molecular weight is 183 g/mol. The van der Waals surface area contributed by atoms with Gasteiger partial charge in [-0.3, -0.25) is 0 Å². The molecule has 0 aliphatic heterocycles. The van der Waals surface area contributed by atoms with E-state index < -0.39 is 5.97 Å². The first-order chi connectivity index (χ1) is 6.07. The van der Waals surface area contributed by atoms with Gasteiger partial charge in [0.2, 0.25) is 0 Å². The second-order valence-corrected chi connectivity index (χ2v) is 3.20.